The van der Waals surface area contributed by atoms with E-state index in [9.17, 15) is 14.4 Å². The second-order valence-electron chi connectivity index (χ2n) is 6.77. The van der Waals surface area contributed by atoms with E-state index in [2.05, 4.69) is 10.6 Å². The minimum absolute atomic E-state index is 0.0998. The number of carboxylic acids is 1. The van der Waals surface area contributed by atoms with E-state index in [4.69, 9.17) is 14.9 Å². The molecule has 0 saturated heterocycles. The van der Waals surface area contributed by atoms with Gasteiger partial charge in [-0.25, -0.2) is 9.59 Å². The van der Waals surface area contributed by atoms with Crippen LogP contribution >= 0.6 is 0 Å². The smallest absolute Gasteiger partial charge is 0.407 e. The third-order valence-corrected chi connectivity index (χ3v) is 4.87. The molecule has 0 aliphatic heterocycles. The van der Waals surface area contributed by atoms with Crippen molar-refractivity contribution in [3.05, 3.63) is 59.7 Å². The Morgan fingerprint density at radius 3 is 2.07 bits per heavy atom. The Labute approximate surface area is 167 Å². The van der Waals surface area contributed by atoms with Gasteiger partial charge in [-0.2, -0.15) is 0 Å². The Morgan fingerprint density at radius 2 is 1.55 bits per heavy atom. The second-order valence-corrected chi connectivity index (χ2v) is 6.77. The van der Waals surface area contributed by atoms with Gasteiger partial charge in [0.25, 0.3) is 0 Å². The van der Waals surface area contributed by atoms with E-state index in [1.54, 1.807) is 0 Å². The molecule has 2 aromatic carbocycles. The van der Waals surface area contributed by atoms with Crippen LogP contribution in [0, 0.1) is 0 Å². The van der Waals surface area contributed by atoms with Crippen LogP contribution < -0.4 is 10.6 Å². The summed E-state index contributed by atoms with van der Waals surface area (Å²) in [6, 6.07) is 13.4. The van der Waals surface area contributed by atoms with E-state index in [1.807, 2.05) is 48.5 Å². The highest BCUT2D eigenvalue weighted by molar-refractivity contribution is 5.89. The summed E-state index contributed by atoms with van der Waals surface area (Å²) in [4.78, 5) is 35.0. The number of carboxylic acid groups (broad SMARTS) is 1. The first kappa shape index (κ1) is 20.3. The monoisotopic (exact) mass is 398 g/mol. The molecule has 0 heterocycles. The molecule has 3 rings (SSSR count). The maximum atomic E-state index is 12.1. The van der Waals surface area contributed by atoms with Crippen LogP contribution in [0.2, 0.25) is 0 Å². The quantitative estimate of drug-likeness (QED) is 0.560. The van der Waals surface area contributed by atoms with E-state index < -0.39 is 36.7 Å². The first-order valence-corrected chi connectivity index (χ1v) is 9.18. The molecule has 0 saturated carbocycles. The predicted molar refractivity (Wildman–Crippen MR) is 104 cm³/mol. The molecule has 0 spiro atoms. The van der Waals surface area contributed by atoms with Gasteiger partial charge in [0.05, 0.1) is 6.61 Å². The molecular formula is C21H22N2O6. The summed E-state index contributed by atoms with van der Waals surface area (Å²) < 4.78 is 5.34. The number of amides is 2. The van der Waals surface area contributed by atoms with Crippen molar-refractivity contribution in [1.29, 1.82) is 0 Å². The summed E-state index contributed by atoms with van der Waals surface area (Å²) in [7, 11) is 0. The fraction of sp³-hybridized carbons (Fsp3) is 0.286. The Balaban J connectivity index is 1.60. The first-order chi connectivity index (χ1) is 13.9. The Bertz CT molecular complexity index is 883. The van der Waals surface area contributed by atoms with Crippen LogP contribution in [-0.4, -0.2) is 53.5 Å². The van der Waals surface area contributed by atoms with E-state index in [-0.39, 0.29) is 12.5 Å². The molecule has 2 amide bonds. The molecule has 0 radical (unpaired) electrons. The molecule has 1 aliphatic carbocycles. The number of aliphatic hydroxyl groups is 1. The summed E-state index contributed by atoms with van der Waals surface area (Å²) in [5.74, 6) is -2.21. The lowest BCUT2D eigenvalue weighted by Gasteiger charge is -2.18. The number of benzene rings is 2. The second kappa shape index (κ2) is 8.74. The minimum Gasteiger partial charge on any atom is -0.480 e. The average Bonchev–Trinajstić information content (AvgIpc) is 3.03. The zero-order chi connectivity index (χ0) is 21.0. The normalized spacial score (nSPS) is 14.3. The fourth-order valence-corrected chi connectivity index (χ4v) is 3.36. The SMILES string of the molecule is C[C@@H](NC(=O)OCC1c2ccccc2-c2ccccc21)C(=O)N[C@@H](CO)C(=O)O. The number of nitrogens with one attached hydrogen (secondary N) is 2. The van der Waals surface area contributed by atoms with Crippen LogP contribution in [-0.2, 0) is 14.3 Å². The third-order valence-electron chi connectivity index (χ3n) is 4.87. The summed E-state index contributed by atoms with van der Waals surface area (Å²) in [5, 5.41) is 22.3. The molecular weight excluding hydrogens is 376 g/mol. The molecule has 8 heteroatoms. The van der Waals surface area contributed by atoms with Crippen molar-refractivity contribution < 1.29 is 29.3 Å². The maximum absolute atomic E-state index is 12.1. The molecule has 4 N–H and O–H groups in total. The van der Waals surface area contributed by atoms with Crippen LogP contribution in [0.25, 0.3) is 11.1 Å². The van der Waals surface area contributed by atoms with Crippen LogP contribution in [0.4, 0.5) is 4.79 Å². The van der Waals surface area contributed by atoms with E-state index in [0.717, 1.165) is 22.3 Å². The number of hydrogen-bond acceptors (Lipinski definition) is 5. The lowest BCUT2D eigenvalue weighted by Crippen LogP contribution is -2.51. The highest BCUT2D eigenvalue weighted by Crippen LogP contribution is 2.44. The molecule has 1 aliphatic rings. The summed E-state index contributed by atoms with van der Waals surface area (Å²) in [6.07, 6.45) is -0.787. The van der Waals surface area contributed by atoms with Gasteiger partial charge < -0.3 is 25.6 Å². The lowest BCUT2D eigenvalue weighted by molar-refractivity contribution is -0.143. The molecule has 8 nitrogen and oxygen atoms in total. The molecule has 0 aromatic heterocycles. The Morgan fingerprint density at radius 1 is 1.00 bits per heavy atom. The van der Waals surface area contributed by atoms with Gasteiger partial charge >= 0.3 is 12.1 Å². The van der Waals surface area contributed by atoms with Crippen molar-refractivity contribution in [2.75, 3.05) is 13.2 Å². The van der Waals surface area contributed by atoms with E-state index in [1.165, 1.54) is 6.92 Å². The van der Waals surface area contributed by atoms with Crippen LogP contribution in [0.3, 0.4) is 0 Å². The van der Waals surface area contributed by atoms with Crippen molar-refractivity contribution in [3.8, 4) is 11.1 Å². The Hall–Kier alpha value is -3.39. The van der Waals surface area contributed by atoms with Gasteiger partial charge in [-0.15, -0.1) is 0 Å². The molecule has 2 aromatic rings. The maximum Gasteiger partial charge on any atom is 0.407 e. The molecule has 0 unspecified atom stereocenters. The number of carbonyl (C=O) groups is 3. The van der Waals surface area contributed by atoms with Gasteiger partial charge in [0, 0.05) is 5.92 Å². The van der Waals surface area contributed by atoms with E-state index in [0.29, 0.717) is 0 Å². The number of hydrogen-bond donors (Lipinski definition) is 4. The summed E-state index contributed by atoms with van der Waals surface area (Å²) >= 11 is 0. The van der Waals surface area contributed by atoms with Crippen LogP contribution in [0.5, 0.6) is 0 Å². The fourth-order valence-electron chi connectivity index (χ4n) is 3.36. The van der Waals surface area contributed by atoms with E-state index >= 15 is 0 Å². The van der Waals surface area contributed by atoms with Gasteiger partial charge in [-0.05, 0) is 29.2 Å². The zero-order valence-corrected chi connectivity index (χ0v) is 15.8. The van der Waals surface area contributed by atoms with Gasteiger partial charge in [-0.1, -0.05) is 48.5 Å². The Kier molecular flexibility index (Phi) is 6.13. The highest BCUT2D eigenvalue weighted by Gasteiger charge is 2.29. The number of carbonyl (C=O) groups excluding carboxylic acids is 2. The van der Waals surface area contributed by atoms with Crippen LogP contribution in [0.1, 0.15) is 24.0 Å². The van der Waals surface area contributed by atoms with Gasteiger partial charge in [0.2, 0.25) is 5.91 Å². The molecule has 0 fully saturated rings. The molecule has 2 atom stereocenters. The van der Waals surface area contributed by atoms with Crippen molar-refractivity contribution in [3.63, 3.8) is 0 Å². The lowest BCUT2D eigenvalue weighted by atomic mass is 9.98. The van der Waals surface area contributed by atoms with Crippen molar-refractivity contribution >= 4 is 18.0 Å². The number of alkyl carbamates (subject to hydrolysis) is 1. The van der Waals surface area contributed by atoms with Gasteiger partial charge in [0.1, 0.15) is 18.7 Å². The summed E-state index contributed by atoms with van der Waals surface area (Å²) in [5.41, 5.74) is 4.35. The molecule has 0 bridgehead atoms. The predicted octanol–water partition coefficient (Wildman–Crippen LogP) is 1.48. The number of ether oxygens (including phenoxy) is 1. The standard InChI is InChI=1S/C21H22N2O6/c1-12(19(25)23-18(10-24)20(26)27)22-21(28)29-11-17-15-8-4-2-6-13(15)14-7-3-5-9-16(14)17/h2-9,12,17-18,24H,10-11H2,1H3,(H,22,28)(H,23,25)(H,26,27)/t12-,18+/m1/s1. The zero-order valence-electron chi connectivity index (χ0n) is 15.8. The largest absolute Gasteiger partial charge is 0.480 e. The van der Waals surface area contributed by atoms with Crippen molar-refractivity contribution in [1.82, 2.24) is 10.6 Å². The van der Waals surface area contributed by atoms with Crippen molar-refractivity contribution in [2.45, 2.75) is 24.9 Å². The average molecular weight is 398 g/mol. The summed E-state index contributed by atoms with van der Waals surface area (Å²) in [6.45, 7) is 0.744. The number of fused-ring (bicyclic) bond motifs is 3. The minimum atomic E-state index is -1.44. The van der Waals surface area contributed by atoms with Crippen LogP contribution in [0.15, 0.2) is 48.5 Å². The first-order valence-electron chi connectivity index (χ1n) is 9.18. The highest BCUT2D eigenvalue weighted by atomic mass is 16.5. The third kappa shape index (κ3) is 4.38. The topological polar surface area (TPSA) is 125 Å². The van der Waals surface area contributed by atoms with Gasteiger partial charge in [0.15, 0.2) is 0 Å². The number of aliphatic carboxylic acids is 1. The molecule has 152 valence electrons. The van der Waals surface area contributed by atoms with Crippen molar-refractivity contribution in [2.24, 2.45) is 0 Å². The number of aliphatic hydroxyl groups excluding tert-OH is 1. The van der Waals surface area contributed by atoms with Gasteiger partial charge in [-0.3, -0.25) is 4.79 Å². The molecule has 29 heavy (non-hydrogen) atoms. The number of rotatable bonds is 7.